The molecular formula is C25H23Cl2N3O2. The summed E-state index contributed by atoms with van der Waals surface area (Å²) >= 11 is 12.3. The number of nitrogens with one attached hydrogen (secondary N) is 2. The van der Waals surface area contributed by atoms with Crippen molar-refractivity contribution in [2.75, 3.05) is 23.8 Å². The summed E-state index contributed by atoms with van der Waals surface area (Å²) in [5.41, 5.74) is 3.46. The second-order valence-corrected chi connectivity index (χ2v) is 8.56. The van der Waals surface area contributed by atoms with Crippen LogP contribution in [0.3, 0.4) is 0 Å². The summed E-state index contributed by atoms with van der Waals surface area (Å²) in [7, 11) is 1.93. The number of likely N-dealkylation sites (N-methyl/N-ethyl adjacent to an activating group) is 1. The Balaban J connectivity index is 1.54. The van der Waals surface area contributed by atoms with Gasteiger partial charge in [0.1, 0.15) is 0 Å². The summed E-state index contributed by atoms with van der Waals surface area (Å²) in [6.45, 7) is 0.601. The fourth-order valence-electron chi connectivity index (χ4n) is 3.91. The Morgan fingerprint density at radius 1 is 1.00 bits per heavy atom. The highest BCUT2D eigenvalue weighted by molar-refractivity contribution is 6.34. The van der Waals surface area contributed by atoms with E-state index in [2.05, 4.69) is 10.6 Å². The Bertz CT molecular complexity index is 1150. The lowest BCUT2D eigenvalue weighted by Crippen LogP contribution is -2.34. The Morgan fingerprint density at radius 3 is 2.47 bits per heavy atom. The van der Waals surface area contributed by atoms with Crippen LogP contribution in [-0.2, 0) is 6.42 Å². The van der Waals surface area contributed by atoms with E-state index < -0.39 is 0 Å². The number of halogens is 2. The van der Waals surface area contributed by atoms with Crippen LogP contribution in [0.25, 0.3) is 0 Å². The number of hydrogen-bond donors (Lipinski definition) is 2. The molecule has 5 nitrogen and oxygen atoms in total. The van der Waals surface area contributed by atoms with Gasteiger partial charge in [0.25, 0.3) is 11.8 Å². The largest absolute Gasteiger partial charge is 0.322 e. The molecule has 0 bridgehead atoms. The van der Waals surface area contributed by atoms with E-state index in [1.54, 1.807) is 53.4 Å². The van der Waals surface area contributed by atoms with E-state index in [0.29, 0.717) is 33.4 Å². The normalized spacial score (nSPS) is 15.6. The molecule has 0 saturated heterocycles. The van der Waals surface area contributed by atoms with Gasteiger partial charge in [0, 0.05) is 34.5 Å². The van der Waals surface area contributed by atoms with Gasteiger partial charge in [0.15, 0.2) is 0 Å². The molecule has 1 aliphatic heterocycles. The van der Waals surface area contributed by atoms with Crippen LogP contribution in [0.4, 0.5) is 11.4 Å². The first-order valence-electron chi connectivity index (χ1n) is 10.4. The number of nitrogens with zero attached hydrogens (tertiary/aromatic N) is 1. The van der Waals surface area contributed by atoms with Crippen LogP contribution in [0, 0.1) is 0 Å². The maximum atomic E-state index is 13.4. The minimum Gasteiger partial charge on any atom is -0.322 e. The summed E-state index contributed by atoms with van der Waals surface area (Å²) in [6, 6.07) is 19.7. The second kappa shape index (κ2) is 9.74. The number of hydrogen-bond acceptors (Lipinski definition) is 3. The van der Waals surface area contributed by atoms with Crippen LogP contribution < -0.4 is 15.5 Å². The van der Waals surface area contributed by atoms with Gasteiger partial charge >= 0.3 is 0 Å². The predicted octanol–water partition coefficient (Wildman–Crippen LogP) is 5.43. The Labute approximate surface area is 197 Å². The van der Waals surface area contributed by atoms with Gasteiger partial charge in [-0.1, -0.05) is 35.3 Å². The first-order valence-corrected chi connectivity index (χ1v) is 11.2. The van der Waals surface area contributed by atoms with Crippen molar-refractivity contribution in [1.29, 1.82) is 0 Å². The van der Waals surface area contributed by atoms with Gasteiger partial charge in [0.2, 0.25) is 0 Å². The van der Waals surface area contributed by atoms with Crippen molar-refractivity contribution in [3.63, 3.8) is 0 Å². The molecular weight excluding hydrogens is 445 g/mol. The zero-order chi connectivity index (χ0) is 22.7. The molecule has 0 aliphatic carbocycles. The molecule has 7 heteroatoms. The van der Waals surface area contributed by atoms with Gasteiger partial charge in [-0.05, 0) is 80.1 Å². The van der Waals surface area contributed by atoms with Crippen molar-refractivity contribution in [3.05, 3.63) is 93.5 Å². The fraction of sp³-hybridized carbons (Fsp3) is 0.200. The molecule has 0 fully saturated rings. The number of carbonyl (C=O) groups excluding carboxylic acids is 2. The van der Waals surface area contributed by atoms with Crippen LogP contribution in [0.2, 0.25) is 10.0 Å². The van der Waals surface area contributed by atoms with Gasteiger partial charge in [0.05, 0.1) is 10.6 Å². The molecule has 2 amide bonds. The lowest BCUT2D eigenvalue weighted by Gasteiger charge is -2.23. The maximum Gasteiger partial charge on any atom is 0.258 e. The lowest BCUT2D eigenvalue weighted by atomic mass is 10.0. The van der Waals surface area contributed by atoms with Crippen molar-refractivity contribution in [3.8, 4) is 0 Å². The molecule has 0 aromatic heterocycles. The molecule has 0 spiro atoms. The van der Waals surface area contributed by atoms with E-state index in [0.717, 1.165) is 24.1 Å². The number of anilines is 2. The molecule has 1 heterocycles. The highest BCUT2D eigenvalue weighted by Gasteiger charge is 2.26. The third-order valence-electron chi connectivity index (χ3n) is 5.66. The quantitative estimate of drug-likeness (QED) is 0.537. The van der Waals surface area contributed by atoms with Gasteiger partial charge in [-0.3, -0.25) is 9.59 Å². The molecule has 3 aromatic rings. The monoisotopic (exact) mass is 467 g/mol. The third-order valence-corrected chi connectivity index (χ3v) is 6.23. The molecule has 3 aromatic carbocycles. The van der Waals surface area contributed by atoms with Crippen LogP contribution in [-0.4, -0.2) is 31.4 Å². The number of fused-ring (bicyclic) bond motifs is 1. The van der Waals surface area contributed by atoms with Gasteiger partial charge in [-0.2, -0.15) is 0 Å². The fourth-order valence-corrected chi connectivity index (χ4v) is 4.32. The molecule has 164 valence electrons. The minimum atomic E-state index is -0.300. The van der Waals surface area contributed by atoms with Gasteiger partial charge < -0.3 is 15.5 Å². The molecule has 2 N–H and O–H groups in total. The topological polar surface area (TPSA) is 61.4 Å². The van der Waals surface area contributed by atoms with Crippen molar-refractivity contribution >= 4 is 46.4 Å². The summed E-state index contributed by atoms with van der Waals surface area (Å²) in [5, 5.41) is 7.18. The molecule has 1 aliphatic rings. The zero-order valence-electron chi connectivity index (χ0n) is 17.6. The van der Waals surface area contributed by atoms with E-state index in [-0.39, 0.29) is 17.9 Å². The van der Waals surface area contributed by atoms with E-state index in [1.807, 2.05) is 25.2 Å². The number of rotatable bonds is 4. The van der Waals surface area contributed by atoms with Crippen molar-refractivity contribution in [2.45, 2.75) is 18.9 Å². The lowest BCUT2D eigenvalue weighted by molar-refractivity contribution is 0.0985. The highest BCUT2D eigenvalue weighted by Crippen LogP contribution is 2.30. The SMILES string of the molecule is CNC1CCN(C(=O)c2ccc(NC(=O)c3ccccc3Cl)cc2)c2ccc(Cl)cc2C1. The van der Waals surface area contributed by atoms with E-state index >= 15 is 0 Å². The predicted molar refractivity (Wildman–Crippen MR) is 130 cm³/mol. The molecule has 0 saturated carbocycles. The average molecular weight is 468 g/mol. The third kappa shape index (κ3) is 4.80. The summed E-state index contributed by atoms with van der Waals surface area (Å²) < 4.78 is 0. The maximum absolute atomic E-state index is 13.4. The van der Waals surface area contributed by atoms with E-state index in [1.165, 1.54) is 0 Å². The van der Waals surface area contributed by atoms with Crippen molar-refractivity contribution in [2.24, 2.45) is 0 Å². The molecule has 32 heavy (non-hydrogen) atoms. The average Bonchev–Trinajstić information content (AvgIpc) is 2.98. The van der Waals surface area contributed by atoms with Crippen LogP contribution in [0.1, 0.15) is 32.7 Å². The van der Waals surface area contributed by atoms with Crippen molar-refractivity contribution in [1.82, 2.24) is 5.32 Å². The molecule has 4 rings (SSSR count). The second-order valence-electron chi connectivity index (χ2n) is 7.72. The molecule has 1 unspecified atom stereocenters. The van der Waals surface area contributed by atoms with Gasteiger partial charge in [-0.15, -0.1) is 0 Å². The smallest absolute Gasteiger partial charge is 0.258 e. The Hall–Kier alpha value is -2.86. The standard InChI is InChI=1S/C25H23Cl2N3O2/c1-28-20-12-13-30(23-11-8-18(26)14-17(23)15-20)25(32)16-6-9-19(10-7-16)29-24(31)21-4-2-3-5-22(21)27/h2-11,14,20,28H,12-13,15H2,1H3,(H,29,31). The first kappa shape index (κ1) is 22.3. The van der Waals surface area contributed by atoms with Crippen LogP contribution in [0.15, 0.2) is 66.7 Å². The highest BCUT2D eigenvalue weighted by atomic mass is 35.5. The van der Waals surface area contributed by atoms with Crippen molar-refractivity contribution < 1.29 is 9.59 Å². The van der Waals surface area contributed by atoms with Gasteiger partial charge in [-0.25, -0.2) is 0 Å². The summed E-state index contributed by atoms with van der Waals surface area (Å²) in [4.78, 5) is 27.6. The summed E-state index contributed by atoms with van der Waals surface area (Å²) in [6.07, 6.45) is 1.64. The number of carbonyl (C=O) groups is 2. The number of benzene rings is 3. The summed E-state index contributed by atoms with van der Waals surface area (Å²) in [5.74, 6) is -0.389. The van der Waals surface area contributed by atoms with E-state index in [9.17, 15) is 9.59 Å². The first-order chi connectivity index (χ1) is 15.5. The Morgan fingerprint density at radius 2 is 1.75 bits per heavy atom. The molecule has 0 radical (unpaired) electrons. The Kier molecular flexibility index (Phi) is 6.80. The minimum absolute atomic E-state index is 0.0886. The zero-order valence-corrected chi connectivity index (χ0v) is 19.1. The molecule has 1 atom stereocenters. The number of amides is 2. The van der Waals surface area contributed by atoms with Crippen LogP contribution >= 0.6 is 23.2 Å². The van der Waals surface area contributed by atoms with Crippen LogP contribution in [0.5, 0.6) is 0 Å². The van der Waals surface area contributed by atoms with E-state index in [4.69, 9.17) is 23.2 Å².